The van der Waals surface area contributed by atoms with E-state index >= 15 is 0 Å². The summed E-state index contributed by atoms with van der Waals surface area (Å²) in [5.41, 5.74) is 0.541. The van der Waals surface area contributed by atoms with Crippen LogP contribution in [0.3, 0.4) is 0 Å². The van der Waals surface area contributed by atoms with E-state index in [4.69, 9.17) is 5.11 Å². The van der Waals surface area contributed by atoms with Gasteiger partial charge >= 0.3 is 0 Å². The number of carbonyl (C=O) groups is 1. The number of hydrogen-bond donors (Lipinski definition) is 2. The highest BCUT2D eigenvalue weighted by molar-refractivity contribution is 7.84. The third-order valence-electron chi connectivity index (χ3n) is 1.83. The van der Waals surface area contributed by atoms with E-state index in [0.29, 0.717) is 17.9 Å². The van der Waals surface area contributed by atoms with E-state index in [1.54, 1.807) is 17.7 Å². The predicted molar refractivity (Wildman–Crippen MR) is 69.5 cm³/mol. The van der Waals surface area contributed by atoms with E-state index in [0.717, 1.165) is 4.88 Å². The second-order valence-electron chi connectivity index (χ2n) is 3.19. The maximum atomic E-state index is 11.6. The van der Waals surface area contributed by atoms with Crippen molar-refractivity contribution in [3.63, 3.8) is 0 Å². The number of rotatable bonds is 4. The Morgan fingerprint density at radius 3 is 3.06 bits per heavy atom. The molecule has 4 nitrogen and oxygen atoms in total. The van der Waals surface area contributed by atoms with Gasteiger partial charge < -0.3 is 10.4 Å². The summed E-state index contributed by atoms with van der Waals surface area (Å²) in [7, 11) is -0.900. The summed E-state index contributed by atoms with van der Waals surface area (Å²) in [5.74, 6) is 5.51. The van der Waals surface area contributed by atoms with Crippen LogP contribution in [0, 0.1) is 11.8 Å². The molecule has 0 saturated carbocycles. The molecule has 0 aliphatic carbocycles. The van der Waals surface area contributed by atoms with Gasteiger partial charge in [0, 0.05) is 34.7 Å². The minimum Gasteiger partial charge on any atom is -0.384 e. The Hall–Kier alpha value is -1.16. The first-order valence-electron chi connectivity index (χ1n) is 4.90. The zero-order chi connectivity index (χ0) is 12.7. The van der Waals surface area contributed by atoms with Gasteiger partial charge in [-0.1, -0.05) is 11.8 Å². The molecule has 0 bridgehead atoms. The smallest absolute Gasteiger partial charge is 0.252 e. The zero-order valence-electron chi connectivity index (χ0n) is 9.36. The van der Waals surface area contributed by atoms with Gasteiger partial charge in [-0.2, -0.15) is 0 Å². The molecule has 1 atom stereocenters. The molecule has 0 aliphatic rings. The van der Waals surface area contributed by atoms with Crippen LogP contribution in [0.25, 0.3) is 0 Å². The lowest BCUT2D eigenvalue weighted by Crippen LogP contribution is -2.27. The van der Waals surface area contributed by atoms with Gasteiger partial charge in [-0.3, -0.25) is 9.00 Å². The van der Waals surface area contributed by atoms with Crippen LogP contribution in [0.1, 0.15) is 15.2 Å². The third kappa shape index (κ3) is 5.13. The molecule has 0 aromatic carbocycles. The highest BCUT2D eigenvalue weighted by atomic mass is 32.2. The third-order valence-corrected chi connectivity index (χ3v) is 3.45. The molecule has 1 aromatic heterocycles. The second-order valence-corrected chi connectivity index (χ2v) is 5.66. The van der Waals surface area contributed by atoms with Gasteiger partial charge in [-0.25, -0.2) is 0 Å². The molecule has 1 aromatic rings. The van der Waals surface area contributed by atoms with E-state index < -0.39 is 10.8 Å². The standard InChI is InChI=1S/C11H13NO3S2/c1-17(15)6-4-12-11(14)9-7-10(16-8-9)3-2-5-13/h7-8,13H,4-6H2,1H3,(H,12,14). The number of amides is 1. The Bertz CT molecular complexity index is 471. The first-order valence-corrected chi connectivity index (χ1v) is 7.50. The molecule has 0 radical (unpaired) electrons. The Kier molecular flexibility index (Phi) is 5.91. The van der Waals surface area contributed by atoms with E-state index in [1.807, 2.05) is 0 Å². The number of carbonyl (C=O) groups excluding carboxylic acids is 1. The van der Waals surface area contributed by atoms with Gasteiger partial charge in [0.2, 0.25) is 0 Å². The summed E-state index contributed by atoms with van der Waals surface area (Å²) >= 11 is 1.35. The van der Waals surface area contributed by atoms with E-state index in [1.165, 1.54) is 11.3 Å². The molecular weight excluding hydrogens is 258 g/mol. The fourth-order valence-electron chi connectivity index (χ4n) is 1.06. The van der Waals surface area contributed by atoms with Crippen molar-refractivity contribution in [2.24, 2.45) is 0 Å². The Morgan fingerprint density at radius 1 is 1.65 bits per heavy atom. The van der Waals surface area contributed by atoms with Crippen molar-refractivity contribution in [2.75, 3.05) is 25.2 Å². The van der Waals surface area contributed by atoms with Crippen LogP contribution in [-0.4, -0.2) is 40.4 Å². The molecule has 1 amide bonds. The van der Waals surface area contributed by atoms with Gasteiger partial charge in [0.1, 0.15) is 6.61 Å². The van der Waals surface area contributed by atoms with Crippen molar-refractivity contribution in [1.82, 2.24) is 5.32 Å². The molecule has 6 heteroatoms. The number of aliphatic hydroxyl groups is 1. The molecule has 1 unspecified atom stereocenters. The summed E-state index contributed by atoms with van der Waals surface area (Å²) in [5, 5.41) is 12.9. The van der Waals surface area contributed by atoms with Crippen molar-refractivity contribution < 1.29 is 14.1 Å². The minimum atomic E-state index is -0.900. The van der Waals surface area contributed by atoms with Crippen LogP contribution < -0.4 is 5.32 Å². The van der Waals surface area contributed by atoms with Crippen molar-refractivity contribution in [1.29, 1.82) is 0 Å². The van der Waals surface area contributed by atoms with Crippen LogP contribution in [0.15, 0.2) is 11.4 Å². The molecule has 0 saturated heterocycles. The maximum Gasteiger partial charge on any atom is 0.252 e. The summed E-state index contributed by atoms with van der Waals surface area (Å²) < 4.78 is 10.8. The fraction of sp³-hybridized carbons (Fsp3) is 0.364. The minimum absolute atomic E-state index is 0.191. The molecule has 0 fully saturated rings. The van der Waals surface area contributed by atoms with Crippen LogP contribution in [-0.2, 0) is 10.8 Å². The predicted octanol–water partition coefficient (Wildman–Crippen LogP) is 0.200. The maximum absolute atomic E-state index is 11.6. The number of aliphatic hydroxyl groups excluding tert-OH is 1. The first-order chi connectivity index (χ1) is 8.13. The number of nitrogens with one attached hydrogen (secondary N) is 1. The van der Waals surface area contributed by atoms with Crippen LogP contribution in [0.4, 0.5) is 0 Å². The molecule has 0 aliphatic heterocycles. The molecular formula is C11H13NO3S2. The van der Waals surface area contributed by atoms with E-state index in [-0.39, 0.29) is 12.5 Å². The second kappa shape index (κ2) is 7.22. The van der Waals surface area contributed by atoms with Gasteiger partial charge in [-0.15, -0.1) is 11.3 Å². The highest BCUT2D eigenvalue weighted by Gasteiger charge is 2.07. The summed E-state index contributed by atoms with van der Waals surface area (Å²) in [4.78, 5) is 12.4. The van der Waals surface area contributed by atoms with E-state index in [2.05, 4.69) is 17.2 Å². The van der Waals surface area contributed by atoms with Gasteiger partial charge in [-0.05, 0) is 6.07 Å². The lowest BCUT2D eigenvalue weighted by Gasteiger charge is -2.00. The van der Waals surface area contributed by atoms with Gasteiger partial charge in [0.05, 0.1) is 10.4 Å². The Morgan fingerprint density at radius 2 is 2.41 bits per heavy atom. The van der Waals surface area contributed by atoms with Crippen LogP contribution >= 0.6 is 11.3 Å². The number of thiophene rings is 1. The van der Waals surface area contributed by atoms with Gasteiger partial charge in [0.25, 0.3) is 5.91 Å². The zero-order valence-corrected chi connectivity index (χ0v) is 11.0. The van der Waals surface area contributed by atoms with Crippen molar-refractivity contribution in [3.05, 3.63) is 21.9 Å². The molecule has 1 rings (SSSR count). The molecule has 1 heterocycles. The first kappa shape index (κ1) is 13.9. The van der Waals surface area contributed by atoms with Crippen LogP contribution in [0.5, 0.6) is 0 Å². The quantitative estimate of drug-likeness (QED) is 0.769. The lowest BCUT2D eigenvalue weighted by atomic mass is 10.3. The average Bonchev–Trinajstić information content (AvgIpc) is 2.74. The fourth-order valence-corrected chi connectivity index (χ4v) is 2.20. The lowest BCUT2D eigenvalue weighted by molar-refractivity contribution is 0.0956. The number of hydrogen-bond acceptors (Lipinski definition) is 4. The SMILES string of the molecule is CS(=O)CCNC(=O)c1csc(C#CCO)c1. The molecule has 17 heavy (non-hydrogen) atoms. The highest BCUT2D eigenvalue weighted by Crippen LogP contribution is 2.13. The van der Waals surface area contributed by atoms with E-state index in [9.17, 15) is 9.00 Å². The largest absolute Gasteiger partial charge is 0.384 e. The summed E-state index contributed by atoms with van der Waals surface area (Å²) in [6, 6.07) is 1.67. The summed E-state index contributed by atoms with van der Waals surface area (Å²) in [6.07, 6.45) is 1.60. The van der Waals surface area contributed by atoms with Crippen molar-refractivity contribution in [3.8, 4) is 11.8 Å². The molecule has 0 spiro atoms. The molecule has 92 valence electrons. The Balaban J connectivity index is 2.52. The van der Waals surface area contributed by atoms with Crippen molar-refractivity contribution in [2.45, 2.75) is 0 Å². The topological polar surface area (TPSA) is 66.4 Å². The normalized spacial score (nSPS) is 11.4. The van der Waals surface area contributed by atoms with Crippen LogP contribution in [0.2, 0.25) is 0 Å². The van der Waals surface area contributed by atoms with Gasteiger partial charge in [0.15, 0.2) is 0 Å². The van der Waals surface area contributed by atoms with Crippen molar-refractivity contribution >= 4 is 28.0 Å². The summed E-state index contributed by atoms with van der Waals surface area (Å²) in [6.45, 7) is 0.206. The molecule has 2 N–H and O–H groups in total. The Labute approximate surface area is 107 Å². The average molecular weight is 271 g/mol. The monoisotopic (exact) mass is 271 g/mol.